The van der Waals surface area contributed by atoms with Gasteiger partial charge in [0.2, 0.25) is 5.91 Å². The number of hydrogen-bond acceptors (Lipinski definition) is 7. The van der Waals surface area contributed by atoms with E-state index >= 15 is 0 Å². The van der Waals surface area contributed by atoms with Crippen molar-refractivity contribution >= 4 is 46.1 Å². The number of urea groups is 1. The fourth-order valence-corrected chi connectivity index (χ4v) is 4.58. The zero-order valence-corrected chi connectivity index (χ0v) is 19.5. The SMILES string of the molecule is CCCCN1C(=O)C(=O)N(CC(=O)Nc2sc(C)c(-c3ccccc3)c2C(=O)OCC)C1=O. The quantitative estimate of drug-likeness (QED) is 0.341. The van der Waals surface area contributed by atoms with Crippen molar-refractivity contribution in [3.05, 3.63) is 40.8 Å². The van der Waals surface area contributed by atoms with Crippen LogP contribution in [-0.2, 0) is 19.1 Å². The number of aryl methyl sites for hydroxylation is 1. The van der Waals surface area contributed by atoms with E-state index in [9.17, 15) is 24.0 Å². The molecule has 1 aromatic carbocycles. The number of unbranched alkanes of at least 4 members (excludes halogenated alkanes) is 1. The molecule has 1 aliphatic rings. The van der Waals surface area contributed by atoms with Crippen molar-refractivity contribution in [3.8, 4) is 11.1 Å². The number of hydrogen-bond donors (Lipinski definition) is 1. The predicted octanol–water partition coefficient (Wildman–Crippen LogP) is 3.43. The van der Waals surface area contributed by atoms with Crippen molar-refractivity contribution in [1.82, 2.24) is 9.80 Å². The van der Waals surface area contributed by atoms with Crippen LogP contribution in [-0.4, -0.2) is 59.2 Å². The van der Waals surface area contributed by atoms with Gasteiger partial charge in [-0.3, -0.25) is 19.3 Å². The highest BCUT2D eigenvalue weighted by Gasteiger charge is 2.44. The van der Waals surface area contributed by atoms with E-state index in [1.807, 2.05) is 44.2 Å². The number of anilines is 1. The van der Waals surface area contributed by atoms with Gasteiger partial charge in [-0.2, -0.15) is 0 Å². The first-order valence-electron chi connectivity index (χ1n) is 10.6. The van der Waals surface area contributed by atoms with Crippen molar-refractivity contribution in [2.45, 2.75) is 33.6 Å². The van der Waals surface area contributed by atoms with Crippen LogP contribution in [0.15, 0.2) is 30.3 Å². The van der Waals surface area contributed by atoms with E-state index in [2.05, 4.69) is 5.32 Å². The molecule has 3 rings (SSSR count). The van der Waals surface area contributed by atoms with Gasteiger partial charge in [0.1, 0.15) is 17.1 Å². The Bertz CT molecular complexity index is 1100. The van der Waals surface area contributed by atoms with Gasteiger partial charge < -0.3 is 10.1 Å². The maximum atomic E-state index is 12.8. The van der Waals surface area contributed by atoms with Crippen LogP contribution in [0.25, 0.3) is 11.1 Å². The second kappa shape index (κ2) is 10.4. The average molecular weight is 472 g/mol. The molecular formula is C23H25N3O6S. The fraction of sp³-hybridized carbons (Fsp3) is 0.348. The molecular weight excluding hydrogens is 446 g/mol. The second-order valence-corrected chi connectivity index (χ2v) is 8.58. The van der Waals surface area contributed by atoms with Gasteiger partial charge in [-0.1, -0.05) is 43.7 Å². The van der Waals surface area contributed by atoms with Crippen molar-refractivity contribution in [1.29, 1.82) is 0 Å². The number of thiophene rings is 1. The summed E-state index contributed by atoms with van der Waals surface area (Å²) in [5, 5.41) is 2.88. The molecule has 174 valence electrons. The van der Waals surface area contributed by atoms with Crippen LogP contribution < -0.4 is 5.32 Å². The van der Waals surface area contributed by atoms with E-state index in [1.54, 1.807) is 6.92 Å². The summed E-state index contributed by atoms with van der Waals surface area (Å²) in [5.74, 6) is -3.27. The summed E-state index contributed by atoms with van der Waals surface area (Å²) in [6.45, 7) is 5.04. The largest absolute Gasteiger partial charge is 0.462 e. The minimum Gasteiger partial charge on any atom is -0.462 e. The normalized spacial score (nSPS) is 13.6. The highest BCUT2D eigenvalue weighted by Crippen LogP contribution is 2.40. The number of carbonyl (C=O) groups excluding carboxylic acids is 5. The van der Waals surface area contributed by atoms with Crippen molar-refractivity contribution in [2.75, 3.05) is 25.0 Å². The number of nitrogens with zero attached hydrogens (tertiary/aromatic N) is 2. The number of carbonyl (C=O) groups is 5. The summed E-state index contributed by atoms with van der Waals surface area (Å²) in [7, 11) is 0. The van der Waals surface area contributed by atoms with Gasteiger partial charge in [0.05, 0.1) is 6.61 Å². The molecule has 0 bridgehead atoms. The molecule has 33 heavy (non-hydrogen) atoms. The third-order valence-electron chi connectivity index (χ3n) is 5.05. The lowest BCUT2D eigenvalue weighted by Crippen LogP contribution is -2.39. The molecule has 9 nitrogen and oxygen atoms in total. The summed E-state index contributed by atoms with van der Waals surface area (Å²) >= 11 is 1.19. The lowest BCUT2D eigenvalue weighted by atomic mass is 10.0. The Morgan fingerprint density at radius 1 is 1.03 bits per heavy atom. The van der Waals surface area contributed by atoms with Gasteiger partial charge in [0.15, 0.2) is 0 Å². The molecule has 5 amide bonds. The lowest BCUT2D eigenvalue weighted by molar-refractivity contribution is -0.143. The molecule has 0 aliphatic carbocycles. The van der Waals surface area contributed by atoms with Gasteiger partial charge in [-0.05, 0) is 25.8 Å². The number of nitrogens with one attached hydrogen (secondary N) is 1. The summed E-state index contributed by atoms with van der Waals surface area (Å²) < 4.78 is 5.21. The summed E-state index contributed by atoms with van der Waals surface area (Å²) in [5.41, 5.74) is 1.64. The summed E-state index contributed by atoms with van der Waals surface area (Å²) in [6, 6.07) is 8.42. The monoisotopic (exact) mass is 471 g/mol. The van der Waals surface area contributed by atoms with Crippen LogP contribution in [0.3, 0.4) is 0 Å². The van der Waals surface area contributed by atoms with E-state index in [-0.39, 0.29) is 23.7 Å². The Labute approximate surface area is 195 Å². The van der Waals surface area contributed by atoms with Crippen LogP contribution in [0.1, 0.15) is 41.9 Å². The molecule has 0 spiro atoms. The standard InChI is InChI=1S/C23H25N3O6S/c1-4-6-12-25-20(28)21(29)26(23(25)31)13-16(27)24-19-18(22(30)32-5-2)17(14(3)33-19)15-10-8-7-9-11-15/h7-11H,4-6,12-13H2,1-3H3,(H,24,27). The molecule has 0 saturated carbocycles. The van der Waals surface area contributed by atoms with E-state index in [4.69, 9.17) is 4.74 Å². The Balaban J connectivity index is 1.85. The van der Waals surface area contributed by atoms with E-state index < -0.39 is 36.3 Å². The lowest BCUT2D eigenvalue weighted by Gasteiger charge is -2.15. The molecule has 1 fully saturated rings. The number of rotatable bonds is 9. The first-order chi connectivity index (χ1) is 15.8. The molecule has 1 saturated heterocycles. The topological polar surface area (TPSA) is 113 Å². The van der Waals surface area contributed by atoms with Gasteiger partial charge in [0.25, 0.3) is 0 Å². The second-order valence-electron chi connectivity index (χ2n) is 7.36. The average Bonchev–Trinajstić information content (AvgIpc) is 3.21. The predicted molar refractivity (Wildman–Crippen MR) is 123 cm³/mol. The van der Waals surface area contributed by atoms with Gasteiger partial charge >= 0.3 is 23.8 Å². The third kappa shape index (κ3) is 4.95. The molecule has 2 heterocycles. The van der Waals surface area contributed by atoms with Gasteiger partial charge in [-0.15, -0.1) is 11.3 Å². The van der Waals surface area contributed by atoms with Crippen LogP contribution in [0, 0.1) is 6.92 Å². The number of ether oxygens (including phenoxy) is 1. The molecule has 1 N–H and O–H groups in total. The maximum Gasteiger partial charge on any atom is 0.341 e. The van der Waals surface area contributed by atoms with Crippen LogP contribution in [0.5, 0.6) is 0 Å². The van der Waals surface area contributed by atoms with Crippen LogP contribution >= 0.6 is 11.3 Å². The molecule has 1 aliphatic heterocycles. The molecule has 0 unspecified atom stereocenters. The van der Waals surface area contributed by atoms with E-state index in [0.717, 1.165) is 21.8 Å². The van der Waals surface area contributed by atoms with Gasteiger partial charge in [0, 0.05) is 17.0 Å². The Kier molecular flexibility index (Phi) is 7.59. The van der Waals surface area contributed by atoms with E-state index in [0.29, 0.717) is 16.9 Å². The number of amides is 5. The first-order valence-corrected chi connectivity index (χ1v) is 11.4. The molecule has 10 heteroatoms. The first kappa shape index (κ1) is 24.1. The van der Waals surface area contributed by atoms with Crippen molar-refractivity contribution in [2.24, 2.45) is 0 Å². The molecule has 0 radical (unpaired) electrons. The summed E-state index contributed by atoms with van der Waals surface area (Å²) in [6.07, 6.45) is 1.30. The minimum atomic E-state index is -1.04. The highest BCUT2D eigenvalue weighted by atomic mass is 32.1. The smallest absolute Gasteiger partial charge is 0.341 e. The Morgan fingerprint density at radius 2 is 1.70 bits per heavy atom. The molecule has 2 aromatic rings. The highest BCUT2D eigenvalue weighted by molar-refractivity contribution is 7.17. The number of imide groups is 2. The fourth-order valence-electron chi connectivity index (χ4n) is 3.50. The van der Waals surface area contributed by atoms with Crippen molar-refractivity contribution < 1.29 is 28.7 Å². The van der Waals surface area contributed by atoms with Gasteiger partial charge in [-0.25, -0.2) is 14.5 Å². The Hall–Kier alpha value is -3.53. The summed E-state index contributed by atoms with van der Waals surface area (Å²) in [4.78, 5) is 64.6. The zero-order chi connectivity index (χ0) is 24.1. The molecule has 1 aromatic heterocycles. The van der Waals surface area contributed by atoms with Crippen LogP contribution in [0.4, 0.5) is 9.80 Å². The maximum absolute atomic E-state index is 12.8. The zero-order valence-electron chi connectivity index (χ0n) is 18.7. The van der Waals surface area contributed by atoms with E-state index in [1.165, 1.54) is 11.3 Å². The van der Waals surface area contributed by atoms with Crippen molar-refractivity contribution in [3.63, 3.8) is 0 Å². The molecule has 0 atom stereocenters. The number of esters is 1. The Morgan fingerprint density at radius 3 is 2.33 bits per heavy atom. The third-order valence-corrected chi connectivity index (χ3v) is 6.07. The van der Waals surface area contributed by atoms with Crippen LogP contribution in [0.2, 0.25) is 0 Å². The minimum absolute atomic E-state index is 0.121. The number of benzene rings is 1.